The highest BCUT2D eigenvalue weighted by atomic mass is 28.3. The van der Waals surface area contributed by atoms with Gasteiger partial charge >= 0.3 is 0 Å². The fourth-order valence-electron chi connectivity index (χ4n) is 1.86. The van der Waals surface area contributed by atoms with Crippen LogP contribution in [0.4, 0.5) is 0 Å². The average Bonchev–Trinajstić information content (AvgIpc) is 2.01. The molecule has 0 amide bonds. The molecule has 0 aromatic heterocycles. The summed E-state index contributed by atoms with van der Waals surface area (Å²) in [5, 5.41) is 0.389. The number of hydrogen-bond acceptors (Lipinski definition) is 2. The van der Waals surface area contributed by atoms with Crippen LogP contribution in [0.15, 0.2) is 0 Å². The van der Waals surface area contributed by atoms with Crippen LogP contribution in [0.1, 0.15) is 25.7 Å². The molecule has 0 bridgehead atoms. The lowest BCUT2D eigenvalue weighted by molar-refractivity contribution is -0.126. The van der Waals surface area contributed by atoms with Crippen LogP contribution in [0.25, 0.3) is 0 Å². The van der Waals surface area contributed by atoms with E-state index >= 15 is 0 Å². The van der Waals surface area contributed by atoms with Gasteiger partial charge in [-0.25, -0.2) is 0 Å². The molecule has 0 aliphatic heterocycles. The Labute approximate surface area is 80.7 Å². The Morgan fingerprint density at radius 2 is 2.00 bits per heavy atom. The van der Waals surface area contributed by atoms with E-state index < -0.39 is 8.07 Å². The molecule has 1 saturated carbocycles. The number of Topliss-reactive ketones (excluding diaryl/α,β-unsaturated/α-hetero) is 1. The Balaban J connectivity index is 2.62. The predicted molar refractivity (Wildman–Crippen MR) is 55.3 cm³/mol. The second kappa shape index (κ2) is 3.74. The molecule has 1 unspecified atom stereocenters. The number of hydrogen-bond donors (Lipinski definition) is 0. The van der Waals surface area contributed by atoms with Gasteiger partial charge in [-0.05, 0) is 12.8 Å². The number of ketones is 1. The normalized spacial score (nSPS) is 24.5. The van der Waals surface area contributed by atoms with Gasteiger partial charge in [0.25, 0.3) is 0 Å². The molecule has 1 atom stereocenters. The fraction of sp³-hybridized carbons (Fsp3) is 0.800. The number of carbonyl (C=O) groups is 2. The van der Waals surface area contributed by atoms with Crippen LogP contribution in [-0.2, 0) is 9.59 Å². The SMILES string of the molecule is C[Si](C)(C)C(=O)C1CCCC(=O)C1. The maximum atomic E-state index is 11.9. The average molecular weight is 198 g/mol. The van der Waals surface area contributed by atoms with E-state index in [1.165, 1.54) is 0 Å². The van der Waals surface area contributed by atoms with Crippen molar-refractivity contribution in [1.82, 2.24) is 0 Å². The lowest BCUT2D eigenvalue weighted by atomic mass is 9.89. The van der Waals surface area contributed by atoms with Crippen LogP contribution in [0.5, 0.6) is 0 Å². The zero-order valence-corrected chi connectivity index (χ0v) is 9.72. The first-order chi connectivity index (χ1) is 5.91. The molecule has 0 N–H and O–H groups in total. The third kappa shape index (κ3) is 2.76. The van der Waals surface area contributed by atoms with E-state index in [1.54, 1.807) is 0 Å². The summed E-state index contributed by atoms with van der Waals surface area (Å²) < 4.78 is 0. The summed E-state index contributed by atoms with van der Waals surface area (Å²) in [6.07, 6.45) is 3.06. The van der Waals surface area contributed by atoms with Crippen molar-refractivity contribution in [2.75, 3.05) is 0 Å². The lowest BCUT2D eigenvalue weighted by Gasteiger charge is -2.25. The molecule has 1 aliphatic carbocycles. The molecule has 13 heavy (non-hydrogen) atoms. The van der Waals surface area contributed by atoms with Crippen LogP contribution >= 0.6 is 0 Å². The Morgan fingerprint density at radius 1 is 1.38 bits per heavy atom. The molecule has 2 nitrogen and oxygen atoms in total. The molecule has 1 fully saturated rings. The Morgan fingerprint density at radius 3 is 2.46 bits per heavy atom. The van der Waals surface area contributed by atoms with E-state index in [4.69, 9.17) is 0 Å². The first-order valence-corrected chi connectivity index (χ1v) is 8.47. The first kappa shape index (κ1) is 10.6. The van der Waals surface area contributed by atoms with Crippen molar-refractivity contribution < 1.29 is 9.59 Å². The predicted octanol–water partition coefficient (Wildman–Crippen LogP) is 2.19. The summed E-state index contributed by atoms with van der Waals surface area (Å²) in [6, 6.07) is 0. The van der Waals surface area contributed by atoms with Crippen molar-refractivity contribution in [1.29, 1.82) is 0 Å². The zero-order chi connectivity index (χ0) is 10.1. The molecule has 0 spiro atoms. The van der Waals surface area contributed by atoms with Crippen LogP contribution in [0, 0.1) is 5.92 Å². The van der Waals surface area contributed by atoms with Gasteiger partial charge in [-0.2, -0.15) is 0 Å². The van der Waals surface area contributed by atoms with Gasteiger partial charge in [0, 0.05) is 18.8 Å². The molecule has 1 aliphatic rings. The standard InChI is InChI=1S/C10H18O2Si/c1-13(2,3)10(12)8-5-4-6-9(11)7-8/h8H,4-7H2,1-3H3. The number of rotatable bonds is 2. The van der Waals surface area contributed by atoms with Crippen molar-refractivity contribution in [2.45, 2.75) is 45.3 Å². The monoisotopic (exact) mass is 198 g/mol. The highest BCUT2D eigenvalue weighted by molar-refractivity contribution is 7.03. The molecule has 1 rings (SSSR count). The minimum atomic E-state index is -1.67. The van der Waals surface area contributed by atoms with Gasteiger partial charge in [0.15, 0.2) is 0 Å². The third-order valence-electron chi connectivity index (χ3n) is 2.59. The molecule has 0 aromatic carbocycles. The second-order valence-electron chi connectivity index (χ2n) is 4.95. The maximum absolute atomic E-state index is 11.9. The Hall–Kier alpha value is -0.443. The van der Waals surface area contributed by atoms with Gasteiger partial charge in [0.1, 0.15) is 19.3 Å². The van der Waals surface area contributed by atoms with E-state index in [0.29, 0.717) is 18.2 Å². The molecule has 0 saturated heterocycles. The highest BCUT2D eigenvalue weighted by Crippen LogP contribution is 2.25. The van der Waals surface area contributed by atoms with E-state index in [-0.39, 0.29) is 11.7 Å². The Kier molecular flexibility index (Phi) is 3.06. The van der Waals surface area contributed by atoms with Crippen molar-refractivity contribution in [3.63, 3.8) is 0 Å². The lowest BCUT2D eigenvalue weighted by Crippen LogP contribution is -2.40. The summed E-state index contributed by atoms with van der Waals surface area (Å²) in [5.74, 6) is 0.343. The largest absolute Gasteiger partial charge is 0.305 e. The van der Waals surface area contributed by atoms with Crippen LogP contribution in [0.3, 0.4) is 0 Å². The molecule has 0 heterocycles. The summed E-state index contributed by atoms with van der Waals surface area (Å²) in [7, 11) is -1.67. The van der Waals surface area contributed by atoms with Crippen molar-refractivity contribution in [3.8, 4) is 0 Å². The van der Waals surface area contributed by atoms with E-state index in [1.807, 2.05) is 0 Å². The van der Waals surface area contributed by atoms with E-state index in [2.05, 4.69) is 19.6 Å². The minimum Gasteiger partial charge on any atom is -0.305 e. The topological polar surface area (TPSA) is 34.1 Å². The number of carbonyl (C=O) groups excluding carboxylic acids is 2. The molecule has 0 aromatic rings. The molecule has 74 valence electrons. The van der Waals surface area contributed by atoms with Gasteiger partial charge in [0.05, 0.1) is 0 Å². The van der Waals surface area contributed by atoms with Gasteiger partial charge in [0.2, 0.25) is 0 Å². The van der Waals surface area contributed by atoms with Gasteiger partial charge < -0.3 is 4.79 Å². The smallest absolute Gasteiger partial charge is 0.133 e. The minimum absolute atomic E-state index is 0.0629. The third-order valence-corrected chi connectivity index (χ3v) is 4.48. The zero-order valence-electron chi connectivity index (χ0n) is 8.72. The molecule has 3 heteroatoms. The van der Waals surface area contributed by atoms with Crippen molar-refractivity contribution in [2.24, 2.45) is 5.92 Å². The molecule has 0 radical (unpaired) electrons. The van der Waals surface area contributed by atoms with Gasteiger partial charge in [-0.15, -0.1) is 0 Å². The van der Waals surface area contributed by atoms with E-state index in [0.717, 1.165) is 12.8 Å². The first-order valence-electron chi connectivity index (χ1n) is 4.97. The second-order valence-corrected chi connectivity index (χ2v) is 9.94. The summed E-state index contributed by atoms with van der Waals surface area (Å²) >= 11 is 0. The summed E-state index contributed by atoms with van der Waals surface area (Å²) in [4.78, 5) is 23.0. The van der Waals surface area contributed by atoms with Gasteiger partial charge in [-0.1, -0.05) is 19.6 Å². The van der Waals surface area contributed by atoms with Crippen molar-refractivity contribution in [3.05, 3.63) is 0 Å². The fourth-order valence-corrected chi connectivity index (χ4v) is 3.33. The molecular weight excluding hydrogens is 180 g/mol. The van der Waals surface area contributed by atoms with Crippen LogP contribution < -0.4 is 0 Å². The highest BCUT2D eigenvalue weighted by Gasteiger charge is 2.33. The van der Waals surface area contributed by atoms with E-state index in [9.17, 15) is 9.59 Å². The molecular formula is C10H18O2Si. The van der Waals surface area contributed by atoms with Gasteiger partial charge in [-0.3, -0.25) is 4.79 Å². The summed E-state index contributed by atoms with van der Waals surface area (Å²) in [5.41, 5.74) is 0. The summed E-state index contributed by atoms with van der Waals surface area (Å²) in [6.45, 7) is 6.19. The maximum Gasteiger partial charge on any atom is 0.133 e. The van der Waals surface area contributed by atoms with Crippen LogP contribution in [0.2, 0.25) is 19.6 Å². The van der Waals surface area contributed by atoms with Crippen molar-refractivity contribution >= 4 is 19.3 Å². The van der Waals surface area contributed by atoms with Crippen LogP contribution in [-0.4, -0.2) is 19.3 Å². The Bertz CT molecular complexity index is 228. The quantitative estimate of drug-likeness (QED) is 0.637.